The van der Waals surface area contributed by atoms with Crippen molar-refractivity contribution in [1.82, 2.24) is 0 Å². The molecule has 1 rings (SSSR count). The molecule has 0 amide bonds. The van der Waals surface area contributed by atoms with Gasteiger partial charge in [0.05, 0.1) is 0 Å². The number of phenols is 1. The molecule has 0 saturated carbocycles. The first-order valence-corrected chi connectivity index (χ1v) is 3.18. The van der Waals surface area contributed by atoms with Crippen LogP contribution in [0, 0.1) is 0 Å². The Kier molecular flexibility index (Phi) is 2.09. The normalized spacial score (nSPS) is 9.33. The molecule has 0 heterocycles. The first-order chi connectivity index (χ1) is 5.61. The van der Waals surface area contributed by atoms with Gasteiger partial charge in [-0.05, 0) is 24.3 Å². The highest BCUT2D eigenvalue weighted by atomic mass is 16.6. The van der Waals surface area contributed by atoms with Crippen LogP contribution in [0.3, 0.4) is 0 Å². The molecule has 0 radical (unpaired) electrons. The third-order valence-electron chi connectivity index (χ3n) is 1.32. The van der Waals surface area contributed by atoms with E-state index in [1.165, 1.54) is 24.3 Å². The molecule has 0 bridgehead atoms. The van der Waals surface area contributed by atoms with Crippen molar-refractivity contribution < 1.29 is 19.8 Å². The molecule has 0 unspecified atom stereocenters. The van der Waals surface area contributed by atoms with Crippen molar-refractivity contribution >= 4 is 11.8 Å². The van der Waals surface area contributed by atoms with Gasteiger partial charge in [0.1, 0.15) is 5.75 Å². The van der Waals surface area contributed by atoms with Crippen molar-refractivity contribution in [2.45, 2.75) is 0 Å². The lowest BCUT2D eigenvalue weighted by Crippen LogP contribution is -2.12. The summed E-state index contributed by atoms with van der Waals surface area (Å²) in [7, 11) is 0. The van der Waals surface area contributed by atoms with Crippen LogP contribution >= 0.6 is 0 Å². The van der Waals surface area contributed by atoms with Crippen LogP contribution in [0.1, 0.15) is 10.4 Å². The Morgan fingerprint density at radius 3 is 2.17 bits per heavy atom. The van der Waals surface area contributed by atoms with E-state index in [2.05, 4.69) is 0 Å². The predicted octanol–water partition coefficient (Wildman–Crippen LogP) is 0.659. The van der Waals surface area contributed by atoms with E-state index < -0.39 is 11.8 Å². The Bertz CT molecular complexity index is 312. The van der Waals surface area contributed by atoms with Gasteiger partial charge in [-0.25, -0.2) is 4.79 Å². The number of ketones is 1. The van der Waals surface area contributed by atoms with Gasteiger partial charge < -0.3 is 10.2 Å². The number of carboxylic acids is 1. The van der Waals surface area contributed by atoms with E-state index in [0.29, 0.717) is 0 Å². The standard InChI is InChI=1S/C8H6O4/c9-6-3-1-5(2-4-6)7(10)8(11)12/h1-4,9H,(H,11,12)/i8+2. The van der Waals surface area contributed by atoms with E-state index in [9.17, 15) is 9.59 Å². The van der Waals surface area contributed by atoms with Crippen LogP contribution in [0.4, 0.5) is 0 Å². The number of hydrogen-bond donors (Lipinski definition) is 2. The molecule has 4 nitrogen and oxygen atoms in total. The van der Waals surface area contributed by atoms with E-state index in [0.717, 1.165) is 0 Å². The number of Topliss-reactive ketones (excluding diaryl/α,β-unsaturated/α-hetero) is 1. The molecule has 0 aliphatic heterocycles. The van der Waals surface area contributed by atoms with Gasteiger partial charge in [0.15, 0.2) is 0 Å². The van der Waals surface area contributed by atoms with Gasteiger partial charge in [0.2, 0.25) is 0 Å². The average Bonchev–Trinajstić information content (AvgIpc) is 2.04. The summed E-state index contributed by atoms with van der Waals surface area (Å²) in [5.41, 5.74) is 0.0558. The minimum atomic E-state index is -1.50. The maximum absolute atomic E-state index is 10.8. The molecule has 0 atom stereocenters. The second kappa shape index (κ2) is 3.04. The summed E-state index contributed by atoms with van der Waals surface area (Å²) < 4.78 is 0. The van der Waals surface area contributed by atoms with Gasteiger partial charge in [-0.15, -0.1) is 0 Å². The van der Waals surface area contributed by atoms with E-state index >= 15 is 0 Å². The van der Waals surface area contributed by atoms with Crippen molar-refractivity contribution in [1.29, 1.82) is 0 Å². The van der Waals surface area contributed by atoms with Gasteiger partial charge in [-0.1, -0.05) is 0 Å². The van der Waals surface area contributed by atoms with Crippen LogP contribution in [-0.4, -0.2) is 22.0 Å². The number of carboxylic acid groups (broad SMARTS) is 1. The Morgan fingerprint density at radius 1 is 1.25 bits per heavy atom. The summed E-state index contributed by atoms with van der Waals surface area (Å²) in [6.07, 6.45) is 0. The number of aliphatic carboxylic acids is 1. The molecular weight excluding hydrogens is 162 g/mol. The molecule has 1 aromatic rings. The molecule has 0 saturated heterocycles. The van der Waals surface area contributed by atoms with Crippen LogP contribution in [0.5, 0.6) is 5.75 Å². The highest BCUT2D eigenvalue weighted by Gasteiger charge is 2.13. The SMILES string of the molecule is O=C(c1ccc(O)cc1)[14C](=O)O. The minimum absolute atomic E-state index is 0.00283. The molecule has 4 heteroatoms. The molecule has 0 spiro atoms. The fourth-order valence-corrected chi connectivity index (χ4v) is 0.736. The van der Waals surface area contributed by atoms with Crippen molar-refractivity contribution in [3.8, 4) is 5.75 Å². The van der Waals surface area contributed by atoms with Crippen LogP contribution in [0.15, 0.2) is 24.3 Å². The van der Waals surface area contributed by atoms with Crippen LogP contribution in [0.2, 0.25) is 0 Å². The third kappa shape index (κ3) is 1.60. The van der Waals surface area contributed by atoms with E-state index in [4.69, 9.17) is 10.2 Å². The molecule has 0 aliphatic carbocycles. The summed E-state index contributed by atoms with van der Waals surface area (Å²) in [6, 6.07) is 5.03. The number of rotatable bonds is 2. The van der Waals surface area contributed by atoms with Gasteiger partial charge in [0, 0.05) is 5.56 Å². The summed E-state index contributed by atoms with van der Waals surface area (Å²) in [5.74, 6) is -2.48. The molecule has 0 aromatic heterocycles. The van der Waals surface area contributed by atoms with Gasteiger partial charge in [-0.3, -0.25) is 4.79 Å². The van der Waals surface area contributed by atoms with Gasteiger partial charge in [-0.2, -0.15) is 0 Å². The second-order valence-corrected chi connectivity index (χ2v) is 2.18. The number of benzene rings is 1. The summed E-state index contributed by atoms with van der Waals surface area (Å²) >= 11 is 0. The van der Waals surface area contributed by atoms with Crippen LogP contribution in [0.25, 0.3) is 0 Å². The average molecular weight is 168 g/mol. The van der Waals surface area contributed by atoms with Crippen molar-refractivity contribution in [3.05, 3.63) is 29.8 Å². The Labute approximate surface area is 68.1 Å². The second-order valence-electron chi connectivity index (χ2n) is 2.18. The molecular formula is C8H6O4. The van der Waals surface area contributed by atoms with Crippen molar-refractivity contribution in [2.24, 2.45) is 0 Å². The number of carbonyl (C=O) groups excluding carboxylic acids is 1. The molecule has 2 N–H and O–H groups in total. The maximum atomic E-state index is 10.8. The predicted molar refractivity (Wildman–Crippen MR) is 40.1 cm³/mol. The maximum Gasteiger partial charge on any atom is 0.377 e. The van der Waals surface area contributed by atoms with Gasteiger partial charge >= 0.3 is 5.97 Å². The monoisotopic (exact) mass is 168 g/mol. The fourth-order valence-electron chi connectivity index (χ4n) is 0.736. The van der Waals surface area contributed by atoms with Crippen LogP contribution < -0.4 is 0 Å². The first kappa shape index (κ1) is 8.26. The highest BCUT2D eigenvalue weighted by molar-refractivity contribution is 6.39. The number of phenolic OH excluding ortho intramolecular Hbond substituents is 1. The molecule has 62 valence electrons. The first-order valence-electron chi connectivity index (χ1n) is 3.18. The third-order valence-corrected chi connectivity index (χ3v) is 1.32. The topological polar surface area (TPSA) is 74.6 Å². The Hall–Kier alpha value is -1.84. The van der Waals surface area contributed by atoms with Crippen molar-refractivity contribution in [2.75, 3.05) is 0 Å². The minimum Gasteiger partial charge on any atom is -0.508 e. The zero-order valence-corrected chi connectivity index (χ0v) is 6.02. The van der Waals surface area contributed by atoms with Crippen LogP contribution in [-0.2, 0) is 4.79 Å². The van der Waals surface area contributed by atoms with E-state index in [1.54, 1.807) is 0 Å². The fraction of sp³-hybridized carbons (Fsp3) is 0. The zero-order valence-electron chi connectivity index (χ0n) is 6.02. The number of hydrogen-bond acceptors (Lipinski definition) is 3. The Balaban J connectivity index is 2.98. The summed E-state index contributed by atoms with van der Waals surface area (Å²) in [5, 5.41) is 17.1. The molecule has 12 heavy (non-hydrogen) atoms. The lowest BCUT2D eigenvalue weighted by Gasteiger charge is -1.94. The molecule has 0 aliphatic rings. The van der Waals surface area contributed by atoms with Gasteiger partial charge in [0.25, 0.3) is 5.78 Å². The van der Waals surface area contributed by atoms with E-state index in [-0.39, 0.29) is 11.3 Å². The lowest BCUT2D eigenvalue weighted by molar-refractivity contribution is -0.131. The summed E-state index contributed by atoms with van der Waals surface area (Å²) in [6.45, 7) is 0. The molecule has 0 fully saturated rings. The highest BCUT2D eigenvalue weighted by Crippen LogP contribution is 2.09. The number of carbonyl (C=O) groups is 2. The largest absolute Gasteiger partial charge is 0.508 e. The van der Waals surface area contributed by atoms with Crippen molar-refractivity contribution in [3.63, 3.8) is 0 Å². The Morgan fingerprint density at radius 2 is 1.75 bits per heavy atom. The number of aromatic hydroxyl groups is 1. The lowest BCUT2D eigenvalue weighted by atomic mass is 10.2. The molecule has 1 aromatic carbocycles. The smallest absolute Gasteiger partial charge is 0.377 e. The zero-order chi connectivity index (χ0) is 9.14. The van der Waals surface area contributed by atoms with E-state index in [1.807, 2.05) is 0 Å². The quantitative estimate of drug-likeness (QED) is 0.502. The summed E-state index contributed by atoms with van der Waals surface area (Å²) in [4.78, 5) is 20.9.